The summed E-state index contributed by atoms with van der Waals surface area (Å²) in [6.45, 7) is 0.456. The molecule has 3 rings (SSSR count). The number of methoxy groups -OCH3 is 2. The molecule has 0 heterocycles. The van der Waals surface area contributed by atoms with Crippen LogP contribution in [0.25, 0.3) is 0 Å². The summed E-state index contributed by atoms with van der Waals surface area (Å²) in [6, 6.07) is 22.9. The first-order valence-corrected chi connectivity index (χ1v) is 8.79. The van der Waals surface area contributed by atoms with Crippen LogP contribution >= 0.6 is 0 Å². The SMILES string of the molecule is COc1ccc(NC(N)=NCc2ccc(Oc3ccccc3)cc2)cc1OC. The minimum Gasteiger partial charge on any atom is -0.493 e. The van der Waals surface area contributed by atoms with E-state index in [2.05, 4.69) is 10.3 Å². The number of benzene rings is 3. The van der Waals surface area contributed by atoms with Crippen LogP contribution in [0.4, 0.5) is 5.69 Å². The minimum atomic E-state index is 0.317. The molecule has 0 atom stereocenters. The monoisotopic (exact) mass is 377 g/mol. The first-order chi connectivity index (χ1) is 13.7. The smallest absolute Gasteiger partial charge is 0.193 e. The number of guanidine groups is 1. The second-order valence-electron chi connectivity index (χ2n) is 5.96. The van der Waals surface area contributed by atoms with Crippen LogP contribution in [0.5, 0.6) is 23.0 Å². The summed E-state index contributed by atoms with van der Waals surface area (Å²) in [5.41, 5.74) is 7.78. The van der Waals surface area contributed by atoms with E-state index >= 15 is 0 Å². The lowest BCUT2D eigenvalue weighted by atomic mass is 10.2. The largest absolute Gasteiger partial charge is 0.493 e. The summed E-state index contributed by atoms with van der Waals surface area (Å²) in [7, 11) is 3.18. The highest BCUT2D eigenvalue weighted by molar-refractivity contribution is 5.92. The lowest BCUT2D eigenvalue weighted by Crippen LogP contribution is -2.22. The number of ether oxygens (including phenoxy) is 3. The first-order valence-electron chi connectivity index (χ1n) is 8.79. The lowest BCUT2D eigenvalue weighted by molar-refractivity contribution is 0.355. The Morgan fingerprint density at radius 1 is 0.857 bits per heavy atom. The van der Waals surface area contributed by atoms with Crippen molar-refractivity contribution in [3.8, 4) is 23.0 Å². The summed E-state index contributed by atoms with van der Waals surface area (Å²) in [6.07, 6.45) is 0. The van der Waals surface area contributed by atoms with E-state index in [-0.39, 0.29) is 0 Å². The number of hydrogen-bond acceptors (Lipinski definition) is 4. The van der Waals surface area contributed by atoms with Gasteiger partial charge in [0.2, 0.25) is 0 Å². The molecule has 6 nitrogen and oxygen atoms in total. The van der Waals surface area contributed by atoms with Crippen molar-refractivity contribution in [3.63, 3.8) is 0 Å². The van der Waals surface area contributed by atoms with Crippen molar-refractivity contribution < 1.29 is 14.2 Å². The van der Waals surface area contributed by atoms with E-state index in [1.807, 2.05) is 60.7 Å². The van der Waals surface area contributed by atoms with Crippen molar-refractivity contribution in [1.82, 2.24) is 0 Å². The Bertz CT molecular complexity index is 926. The number of nitrogens with one attached hydrogen (secondary N) is 1. The molecule has 0 bridgehead atoms. The van der Waals surface area contributed by atoms with Crippen LogP contribution in [0.1, 0.15) is 5.56 Å². The van der Waals surface area contributed by atoms with Crippen LogP contribution in [0.2, 0.25) is 0 Å². The topological polar surface area (TPSA) is 78.1 Å². The Morgan fingerprint density at radius 3 is 2.21 bits per heavy atom. The molecule has 0 unspecified atom stereocenters. The zero-order valence-electron chi connectivity index (χ0n) is 15.9. The number of para-hydroxylation sites is 1. The van der Waals surface area contributed by atoms with Crippen LogP contribution in [-0.2, 0) is 6.54 Å². The first kappa shape index (κ1) is 19.1. The van der Waals surface area contributed by atoms with Crippen molar-refractivity contribution in [2.75, 3.05) is 19.5 Å². The highest BCUT2D eigenvalue weighted by Gasteiger charge is 2.05. The van der Waals surface area contributed by atoms with Crippen molar-refractivity contribution in [3.05, 3.63) is 78.4 Å². The molecule has 0 fully saturated rings. The van der Waals surface area contributed by atoms with Crippen LogP contribution in [0.3, 0.4) is 0 Å². The lowest BCUT2D eigenvalue weighted by Gasteiger charge is -2.11. The molecule has 0 saturated carbocycles. The van der Waals surface area contributed by atoms with Gasteiger partial charge < -0.3 is 25.3 Å². The van der Waals surface area contributed by atoms with Gasteiger partial charge in [0, 0.05) is 11.8 Å². The van der Waals surface area contributed by atoms with Gasteiger partial charge in [0.1, 0.15) is 11.5 Å². The standard InChI is InChI=1S/C22H23N3O3/c1-26-20-13-10-17(14-21(20)27-2)25-22(23)24-15-16-8-11-19(12-9-16)28-18-6-4-3-5-7-18/h3-14H,15H2,1-2H3,(H3,23,24,25). The van der Waals surface area contributed by atoms with Gasteiger partial charge in [0.25, 0.3) is 0 Å². The van der Waals surface area contributed by atoms with Gasteiger partial charge in [-0.1, -0.05) is 30.3 Å². The second kappa shape index (κ2) is 9.32. The minimum absolute atomic E-state index is 0.317. The molecule has 28 heavy (non-hydrogen) atoms. The Kier molecular flexibility index (Phi) is 6.36. The van der Waals surface area contributed by atoms with Crippen LogP contribution in [-0.4, -0.2) is 20.2 Å². The molecule has 0 radical (unpaired) electrons. The zero-order chi connectivity index (χ0) is 19.8. The summed E-state index contributed by atoms with van der Waals surface area (Å²) in [4.78, 5) is 4.37. The Hall–Kier alpha value is -3.67. The highest BCUT2D eigenvalue weighted by atomic mass is 16.5. The Labute approximate surface area is 164 Å². The molecule has 6 heteroatoms. The van der Waals surface area contributed by atoms with Crippen molar-refractivity contribution in [2.45, 2.75) is 6.54 Å². The van der Waals surface area contributed by atoms with E-state index in [1.165, 1.54) is 0 Å². The number of rotatable bonds is 7. The predicted octanol–water partition coefficient (Wildman–Crippen LogP) is 4.42. The van der Waals surface area contributed by atoms with E-state index in [4.69, 9.17) is 19.9 Å². The molecule has 3 aromatic rings. The zero-order valence-corrected chi connectivity index (χ0v) is 15.9. The molecule has 0 aliphatic carbocycles. The van der Waals surface area contributed by atoms with Gasteiger partial charge in [-0.3, -0.25) is 0 Å². The molecule has 0 spiro atoms. The van der Waals surface area contributed by atoms with E-state index < -0.39 is 0 Å². The molecule has 3 N–H and O–H groups in total. The summed E-state index contributed by atoms with van der Waals surface area (Å²) in [5, 5.41) is 3.05. The maximum Gasteiger partial charge on any atom is 0.193 e. The van der Waals surface area contributed by atoms with Crippen molar-refractivity contribution >= 4 is 11.6 Å². The van der Waals surface area contributed by atoms with Gasteiger partial charge in [0.15, 0.2) is 17.5 Å². The second-order valence-corrected chi connectivity index (χ2v) is 5.96. The van der Waals surface area contributed by atoms with Gasteiger partial charge in [-0.25, -0.2) is 4.99 Å². The van der Waals surface area contributed by atoms with Gasteiger partial charge in [0.05, 0.1) is 20.8 Å². The quantitative estimate of drug-likeness (QED) is 0.471. The number of hydrogen-bond donors (Lipinski definition) is 2. The van der Waals surface area contributed by atoms with E-state index in [1.54, 1.807) is 26.4 Å². The third-order valence-corrected chi connectivity index (χ3v) is 3.99. The summed E-state index contributed by atoms with van der Waals surface area (Å²) in [5.74, 6) is 3.17. The average molecular weight is 377 g/mol. The van der Waals surface area contributed by atoms with E-state index in [0.717, 1.165) is 22.7 Å². The predicted molar refractivity (Wildman–Crippen MR) is 111 cm³/mol. The fraction of sp³-hybridized carbons (Fsp3) is 0.136. The summed E-state index contributed by atoms with van der Waals surface area (Å²) < 4.78 is 16.3. The molecule has 3 aromatic carbocycles. The third-order valence-electron chi connectivity index (χ3n) is 3.99. The van der Waals surface area contributed by atoms with Gasteiger partial charge in [-0.15, -0.1) is 0 Å². The molecule has 0 aliphatic rings. The normalized spacial score (nSPS) is 11.0. The van der Waals surface area contributed by atoms with Gasteiger partial charge in [-0.05, 0) is 42.0 Å². The third kappa shape index (κ3) is 5.17. The van der Waals surface area contributed by atoms with Gasteiger partial charge in [-0.2, -0.15) is 0 Å². The maximum atomic E-state index is 5.99. The molecular weight excluding hydrogens is 354 g/mol. The van der Waals surface area contributed by atoms with E-state index in [0.29, 0.717) is 24.0 Å². The Balaban J connectivity index is 1.58. The van der Waals surface area contributed by atoms with Crippen LogP contribution in [0, 0.1) is 0 Å². The van der Waals surface area contributed by atoms with Crippen LogP contribution in [0.15, 0.2) is 77.8 Å². The molecule has 0 aliphatic heterocycles. The van der Waals surface area contributed by atoms with Crippen molar-refractivity contribution in [2.24, 2.45) is 10.7 Å². The number of nitrogens with two attached hydrogens (primary N) is 1. The molecule has 0 amide bonds. The van der Waals surface area contributed by atoms with Crippen LogP contribution < -0.4 is 25.3 Å². The highest BCUT2D eigenvalue weighted by Crippen LogP contribution is 2.29. The molecular formula is C22H23N3O3. The van der Waals surface area contributed by atoms with E-state index in [9.17, 15) is 0 Å². The fourth-order valence-electron chi connectivity index (χ4n) is 2.57. The van der Waals surface area contributed by atoms with Gasteiger partial charge >= 0.3 is 0 Å². The Morgan fingerprint density at radius 2 is 1.54 bits per heavy atom. The number of aliphatic imine (C=N–C) groups is 1. The number of anilines is 1. The summed E-state index contributed by atoms with van der Waals surface area (Å²) >= 11 is 0. The molecule has 0 saturated heterocycles. The maximum absolute atomic E-state index is 5.99. The molecule has 0 aromatic heterocycles. The number of nitrogens with zero attached hydrogens (tertiary/aromatic N) is 1. The van der Waals surface area contributed by atoms with Crippen molar-refractivity contribution in [1.29, 1.82) is 0 Å². The fourth-order valence-corrected chi connectivity index (χ4v) is 2.57. The average Bonchev–Trinajstić information content (AvgIpc) is 2.74. The molecule has 144 valence electrons.